The lowest BCUT2D eigenvalue weighted by atomic mass is 9.95. The molecule has 0 aliphatic carbocycles. The first-order valence-electron chi connectivity index (χ1n) is 21.3. The molecular formula is C60H40N2. The van der Waals surface area contributed by atoms with Gasteiger partial charge in [-0.2, -0.15) is 0 Å². The van der Waals surface area contributed by atoms with E-state index >= 15 is 0 Å². The van der Waals surface area contributed by atoms with Crippen LogP contribution in [0, 0.1) is 0 Å². The van der Waals surface area contributed by atoms with Crippen molar-refractivity contribution in [2.45, 2.75) is 0 Å². The number of hydrogen-bond donors (Lipinski definition) is 0. The van der Waals surface area contributed by atoms with Crippen molar-refractivity contribution in [2.24, 2.45) is 0 Å². The minimum atomic E-state index is 1.15. The number of rotatable bonds is 7. The van der Waals surface area contributed by atoms with Gasteiger partial charge in [0.25, 0.3) is 0 Å². The van der Waals surface area contributed by atoms with Gasteiger partial charge in [0.15, 0.2) is 0 Å². The third kappa shape index (κ3) is 5.96. The monoisotopic (exact) mass is 788 g/mol. The molecule has 12 aromatic rings. The second-order valence-electron chi connectivity index (χ2n) is 16.1. The first kappa shape index (κ1) is 35.7. The molecule has 0 spiro atoms. The van der Waals surface area contributed by atoms with E-state index in [9.17, 15) is 0 Å². The summed E-state index contributed by atoms with van der Waals surface area (Å²) < 4.78 is 4.89. The molecule has 0 radical (unpaired) electrons. The van der Waals surface area contributed by atoms with E-state index in [0.717, 1.165) is 11.4 Å². The van der Waals surface area contributed by atoms with E-state index in [0.29, 0.717) is 0 Å². The highest BCUT2D eigenvalue weighted by Gasteiger charge is 2.20. The number of aromatic nitrogens is 2. The van der Waals surface area contributed by atoms with Crippen molar-refractivity contribution in [3.05, 3.63) is 243 Å². The topological polar surface area (TPSA) is 9.86 Å². The zero-order valence-corrected chi connectivity index (χ0v) is 34.0. The van der Waals surface area contributed by atoms with Gasteiger partial charge in [0.1, 0.15) is 0 Å². The second-order valence-corrected chi connectivity index (χ2v) is 16.1. The lowest BCUT2D eigenvalue weighted by molar-refractivity contribution is 1.18. The molecule has 0 bridgehead atoms. The Hall–Kier alpha value is -8.20. The first-order valence-corrected chi connectivity index (χ1v) is 21.3. The molecule has 2 nitrogen and oxygen atoms in total. The maximum absolute atomic E-state index is 2.47. The number of nitrogens with zero attached hydrogens (tertiary/aromatic N) is 2. The summed E-state index contributed by atoms with van der Waals surface area (Å²) in [4.78, 5) is 0. The summed E-state index contributed by atoms with van der Waals surface area (Å²) in [6, 6.07) is 88.4. The third-order valence-corrected chi connectivity index (χ3v) is 12.5. The van der Waals surface area contributed by atoms with Gasteiger partial charge >= 0.3 is 0 Å². The number of benzene rings is 10. The summed E-state index contributed by atoms with van der Waals surface area (Å²) in [6.07, 6.45) is 0. The average Bonchev–Trinajstić information content (AvgIpc) is 3.87. The molecule has 0 fully saturated rings. The van der Waals surface area contributed by atoms with Crippen LogP contribution in [-0.4, -0.2) is 9.13 Å². The van der Waals surface area contributed by atoms with E-state index in [1.54, 1.807) is 0 Å². The zero-order chi connectivity index (χ0) is 41.0. The minimum Gasteiger partial charge on any atom is -0.309 e. The Labute approximate surface area is 360 Å². The highest BCUT2D eigenvalue weighted by molar-refractivity contribution is 6.17. The van der Waals surface area contributed by atoms with Gasteiger partial charge in [-0.15, -0.1) is 0 Å². The Kier molecular flexibility index (Phi) is 8.53. The highest BCUT2D eigenvalue weighted by Crippen LogP contribution is 2.43. The van der Waals surface area contributed by atoms with Crippen molar-refractivity contribution < 1.29 is 0 Å². The fraction of sp³-hybridized carbons (Fsp3) is 0. The lowest BCUT2D eigenvalue weighted by Gasteiger charge is -2.16. The van der Waals surface area contributed by atoms with Crippen LogP contribution in [0.2, 0.25) is 0 Å². The first-order chi connectivity index (χ1) is 30.8. The van der Waals surface area contributed by atoms with Gasteiger partial charge in [-0.1, -0.05) is 182 Å². The molecule has 0 saturated heterocycles. The van der Waals surface area contributed by atoms with Crippen LogP contribution in [0.25, 0.3) is 111 Å². The summed E-state index contributed by atoms with van der Waals surface area (Å²) in [7, 11) is 0. The van der Waals surface area contributed by atoms with E-state index in [-0.39, 0.29) is 0 Å². The second kappa shape index (κ2) is 14.8. The summed E-state index contributed by atoms with van der Waals surface area (Å²) in [5.41, 5.74) is 19.1. The summed E-state index contributed by atoms with van der Waals surface area (Å²) in [5.74, 6) is 0. The van der Waals surface area contributed by atoms with Crippen LogP contribution in [0.4, 0.5) is 0 Å². The molecule has 2 heteroatoms. The Morgan fingerprint density at radius 2 is 0.710 bits per heavy atom. The Bertz CT molecular complexity index is 3600. The fourth-order valence-electron chi connectivity index (χ4n) is 9.64. The molecular weight excluding hydrogens is 749 g/mol. The zero-order valence-electron chi connectivity index (χ0n) is 34.0. The molecule has 10 aromatic carbocycles. The Morgan fingerprint density at radius 1 is 0.226 bits per heavy atom. The van der Waals surface area contributed by atoms with Crippen LogP contribution in [0.1, 0.15) is 0 Å². The van der Waals surface area contributed by atoms with Crippen molar-refractivity contribution in [3.63, 3.8) is 0 Å². The molecule has 0 atom stereocenters. The quantitative estimate of drug-likeness (QED) is 0.152. The van der Waals surface area contributed by atoms with Crippen LogP contribution in [0.3, 0.4) is 0 Å². The minimum absolute atomic E-state index is 1.15. The predicted molar refractivity (Wildman–Crippen MR) is 262 cm³/mol. The van der Waals surface area contributed by atoms with Gasteiger partial charge in [-0.3, -0.25) is 0 Å². The Morgan fingerprint density at radius 3 is 1.42 bits per heavy atom. The van der Waals surface area contributed by atoms with Crippen molar-refractivity contribution in [1.29, 1.82) is 0 Å². The van der Waals surface area contributed by atoms with Crippen LogP contribution in [0.5, 0.6) is 0 Å². The van der Waals surface area contributed by atoms with Gasteiger partial charge in [0.2, 0.25) is 0 Å². The standard InChI is InChI=1S/C60H40N2/c1-5-17-41(18-6-1)44-23-15-24-48(37-44)51-28-16-30-58-60(51)54-39-46(33-36-57(54)61(58)49-25-11-4-12-26-49)45-32-35-56-53(38-45)52-27-13-14-29-55(52)62(56)59-40-47(42-19-7-2-8-20-42)31-34-50(59)43-21-9-3-10-22-43/h1-40H. The third-order valence-electron chi connectivity index (χ3n) is 12.5. The normalized spacial score (nSPS) is 11.5. The van der Waals surface area contributed by atoms with E-state index in [2.05, 4.69) is 252 Å². The van der Waals surface area contributed by atoms with Crippen molar-refractivity contribution >= 4 is 43.6 Å². The number of para-hydroxylation sites is 2. The molecule has 0 unspecified atom stereocenters. The molecule has 12 rings (SSSR count). The molecule has 0 amide bonds. The van der Waals surface area contributed by atoms with Gasteiger partial charge in [-0.25, -0.2) is 0 Å². The molecule has 2 heterocycles. The fourth-order valence-corrected chi connectivity index (χ4v) is 9.64. The van der Waals surface area contributed by atoms with Crippen molar-refractivity contribution in [2.75, 3.05) is 0 Å². The van der Waals surface area contributed by atoms with Crippen LogP contribution in [-0.2, 0) is 0 Å². The maximum Gasteiger partial charge on any atom is 0.0547 e. The summed E-state index contributed by atoms with van der Waals surface area (Å²) in [5, 5.41) is 4.95. The molecule has 2 aromatic heterocycles. The van der Waals surface area contributed by atoms with Crippen LogP contribution < -0.4 is 0 Å². The van der Waals surface area contributed by atoms with Crippen molar-refractivity contribution in [1.82, 2.24) is 9.13 Å². The molecule has 0 saturated carbocycles. The SMILES string of the molecule is c1ccc(-c2cccc(-c3cccc4c3c3cc(-c5ccc6c(c5)c5ccccc5n6-c5cc(-c6ccccc6)ccc5-c5ccccc5)ccc3n4-c3ccccc3)c2)cc1. The highest BCUT2D eigenvalue weighted by atomic mass is 15.0. The van der Waals surface area contributed by atoms with Crippen LogP contribution >= 0.6 is 0 Å². The van der Waals surface area contributed by atoms with Crippen LogP contribution in [0.15, 0.2) is 243 Å². The number of hydrogen-bond acceptors (Lipinski definition) is 0. The smallest absolute Gasteiger partial charge is 0.0547 e. The molecule has 0 N–H and O–H groups in total. The molecule has 62 heavy (non-hydrogen) atoms. The van der Waals surface area contributed by atoms with Gasteiger partial charge in [0, 0.05) is 32.8 Å². The van der Waals surface area contributed by atoms with E-state index in [1.165, 1.54) is 99.2 Å². The maximum atomic E-state index is 2.47. The predicted octanol–water partition coefficient (Wildman–Crippen LogP) is 16.2. The molecule has 0 aliphatic heterocycles. The molecule has 0 aliphatic rings. The van der Waals surface area contributed by atoms with Gasteiger partial charge in [-0.05, 0) is 111 Å². The summed E-state index contributed by atoms with van der Waals surface area (Å²) in [6.45, 7) is 0. The summed E-state index contributed by atoms with van der Waals surface area (Å²) >= 11 is 0. The van der Waals surface area contributed by atoms with Gasteiger partial charge < -0.3 is 9.13 Å². The lowest BCUT2D eigenvalue weighted by Crippen LogP contribution is -1.98. The average molecular weight is 789 g/mol. The van der Waals surface area contributed by atoms with E-state index in [1.807, 2.05) is 0 Å². The van der Waals surface area contributed by atoms with Gasteiger partial charge in [0.05, 0.1) is 27.8 Å². The largest absolute Gasteiger partial charge is 0.309 e. The van der Waals surface area contributed by atoms with E-state index in [4.69, 9.17) is 0 Å². The van der Waals surface area contributed by atoms with E-state index < -0.39 is 0 Å². The molecule has 290 valence electrons. The number of fused-ring (bicyclic) bond motifs is 6. The van der Waals surface area contributed by atoms with Crippen molar-refractivity contribution in [3.8, 4) is 67.0 Å². The Balaban J connectivity index is 1.07.